The fourth-order valence-corrected chi connectivity index (χ4v) is 3.82. The van der Waals surface area contributed by atoms with Crippen LogP contribution in [0, 0.1) is 17.3 Å². The van der Waals surface area contributed by atoms with Gasteiger partial charge in [-0.3, -0.25) is 4.79 Å². The van der Waals surface area contributed by atoms with E-state index in [1.54, 1.807) is 26.2 Å². The topological polar surface area (TPSA) is 94.3 Å². The summed E-state index contributed by atoms with van der Waals surface area (Å²) >= 11 is 0. The van der Waals surface area contributed by atoms with Crippen molar-refractivity contribution in [2.24, 2.45) is 23.0 Å². The van der Waals surface area contributed by atoms with Crippen molar-refractivity contribution in [3.8, 4) is 11.5 Å². The van der Waals surface area contributed by atoms with E-state index < -0.39 is 17.6 Å². The lowest BCUT2D eigenvalue weighted by Crippen LogP contribution is -2.47. The Labute approximate surface area is 200 Å². The third kappa shape index (κ3) is 9.90. The molecule has 1 amide bonds. The van der Waals surface area contributed by atoms with Crippen molar-refractivity contribution < 1.29 is 24.1 Å². The second kappa shape index (κ2) is 13.8. The summed E-state index contributed by atoms with van der Waals surface area (Å²) in [7, 11) is 5.03. The molecule has 0 fully saturated rings. The Balaban J connectivity index is 2.82. The molecule has 1 rings (SSSR count). The van der Waals surface area contributed by atoms with Gasteiger partial charge in [-0.2, -0.15) is 0 Å². The first-order chi connectivity index (χ1) is 15.4. The molecule has 0 radical (unpaired) electrons. The van der Waals surface area contributed by atoms with Gasteiger partial charge in [-0.15, -0.1) is 0 Å². The minimum absolute atomic E-state index is 0.00887. The highest BCUT2D eigenvalue weighted by molar-refractivity contribution is 5.81. The van der Waals surface area contributed by atoms with E-state index in [9.17, 15) is 9.90 Å². The lowest BCUT2D eigenvalue weighted by Gasteiger charge is -2.31. The number of ether oxygens (including phenoxy) is 3. The van der Waals surface area contributed by atoms with E-state index in [0.29, 0.717) is 31.3 Å². The number of amides is 1. The molecule has 0 unspecified atom stereocenters. The van der Waals surface area contributed by atoms with E-state index >= 15 is 0 Å². The number of carbonyl (C=O) groups excluding carboxylic acids is 1. The zero-order valence-corrected chi connectivity index (χ0v) is 21.9. The Hall–Kier alpha value is -1.83. The molecule has 0 saturated carbocycles. The standard InChI is InChI=1S/C26H46N2O5/c1-18(2)20(16-21(27)22(29)17-28(6)25(30)26(3,4)5)14-19-10-11-23(32-8)24(15-19)33-13-9-12-31-7/h10-11,15,18,20-22,29H,9,12-14,16-17,27H2,1-8H3/t20-,21-,22-/m0/s1. The largest absolute Gasteiger partial charge is 0.493 e. The number of methoxy groups -OCH3 is 2. The molecule has 33 heavy (non-hydrogen) atoms. The summed E-state index contributed by atoms with van der Waals surface area (Å²) in [5, 5.41) is 10.7. The Kier molecular flexibility index (Phi) is 12.2. The summed E-state index contributed by atoms with van der Waals surface area (Å²) in [6, 6.07) is 5.59. The Bertz CT molecular complexity index is 717. The van der Waals surface area contributed by atoms with Crippen LogP contribution in [0.5, 0.6) is 11.5 Å². The Morgan fingerprint density at radius 2 is 1.82 bits per heavy atom. The van der Waals surface area contributed by atoms with Crippen LogP contribution >= 0.6 is 0 Å². The summed E-state index contributed by atoms with van der Waals surface area (Å²) in [6.45, 7) is 11.4. The molecule has 0 aromatic heterocycles. The quantitative estimate of drug-likeness (QED) is 0.408. The van der Waals surface area contributed by atoms with Crippen molar-refractivity contribution in [3.63, 3.8) is 0 Å². The molecule has 0 aliphatic rings. The average molecular weight is 467 g/mol. The zero-order valence-electron chi connectivity index (χ0n) is 21.9. The molecule has 0 bridgehead atoms. The second-order valence-electron chi connectivity index (χ2n) is 10.3. The third-order valence-electron chi connectivity index (χ3n) is 5.94. The fraction of sp³-hybridized carbons (Fsp3) is 0.731. The number of hydrogen-bond donors (Lipinski definition) is 2. The number of hydrogen-bond acceptors (Lipinski definition) is 6. The first-order valence-electron chi connectivity index (χ1n) is 11.9. The van der Waals surface area contributed by atoms with Crippen LogP contribution in [0.25, 0.3) is 0 Å². The summed E-state index contributed by atoms with van der Waals surface area (Å²) < 4.78 is 16.4. The molecule has 0 heterocycles. The maximum atomic E-state index is 12.4. The lowest BCUT2D eigenvalue weighted by atomic mass is 9.83. The summed E-state index contributed by atoms with van der Waals surface area (Å²) in [4.78, 5) is 14.0. The average Bonchev–Trinajstić information content (AvgIpc) is 2.74. The Morgan fingerprint density at radius 1 is 1.15 bits per heavy atom. The molecule has 1 aromatic rings. The van der Waals surface area contributed by atoms with Crippen molar-refractivity contribution >= 4 is 5.91 Å². The fourth-order valence-electron chi connectivity index (χ4n) is 3.82. The minimum Gasteiger partial charge on any atom is -0.493 e. The number of carbonyl (C=O) groups is 1. The van der Waals surface area contributed by atoms with Crippen molar-refractivity contribution in [2.75, 3.05) is 41.0 Å². The van der Waals surface area contributed by atoms with Gasteiger partial charge in [-0.1, -0.05) is 40.7 Å². The van der Waals surface area contributed by atoms with Gasteiger partial charge in [-0.05, 0) is 42.4 Å². The molecule has 7 nitrogen and oxygen atoms in total. The van der Waals surface area contributed by atoms with Gasteiger partial charge in [0.1, 0.15) is 0 Å². The predicted octanol–water partition coefficient (Wildman–Crippen LogP) is 3.51. The molecular weight excluding hydrogens is 420 g/mol. The first-order valence-corrected chi connectivity index (χ1v) is 11.9. The zero-order chi connectivity index (χ0) is 25.2. The van der Waals surface area contributed by atoms with Crippen LogP contribution < -0.4 is 15.2 Å². The number of aliphatic hydroxyl groups is 1. The van der Waals surface area contributed by atoms with Crippen molar-refractivity contribution in [1.29, 1.82) is 0 Å². The van der Waals surface area contributed by atoms with Gasteiger partial charge in [-0.25, -0.2) is 0 Å². The van der Waals surface area contributed by atoms with E-state index in [1.165, 1.54) is 0 Å². The van der Waals surface area contributed by atoms with Gasteiger partial charge in [0, 0.05) is 45.2 Å². The first kappa shape index (κ1) is 29.2. The van der Waals surface area contributed by atoms with Crippen molar-refractivity contribution in [3.05, 3.63) is 23.8 Å². The van der Waals surface area contributed by atoms with E-state index in [-0.39, 0.29) is 18.4 Å². The van der Waals surface area contributed by atoms with Gasteiger partial charge >= 0.3 is 0 Å². The van der Waals surface area contributed by atoms with Crippen LogP contribution in [-0.4, -0.2) is 69.1 Å². The van der Waals surface area contributed by atoms with E-state index in [0.717, 1.165) is 24.2 Å². The Morgan fingerprint density at radius 3 is 2.36 bits per heavy atom. The van der Waals surface area contributed by atoms with Crippen molar-refractivity contribution in [1.82, 2.24) is 4.90 Å². The number of rotatable bonds is 14. The number of nitrogens with zero attached hydrogens (tertiary/aromatic N) is 1. The highest BCUT2D eigenvalue weighted by Gasteiger charge is 2.29. The monoisotopic (exact) mass is 466 g/mol. The van der Waals surface area contributed by atoms with Crippen molar-refractivity contribution in [2.45, 2.75) is 66.0 Å². The van der Waals surface area contributed by atoms with E-state index in [1.807, 2.05) is 39.0 Å². The SMILES string of the molecule is COCCCOc1cc(C[C@@H](C[C@H](N)[C@@H](O)CN(C)C(=O)C(C)(C)C)C(C)C)ccc1OC. The molecule has 0 saturated heterocycles. The number of likely N-dealkylation sites (N-methyl/N-ethyl adjacent to an activating group) is 1. The molecule has 0 aliphatic carbocycles. The summed E-state index contributed by atoms with van der Waals surface area (Å²) in [6.07, 6.45) is 1.50. The van der Waals surface area contributed by atoms with Crippen LogP contribution in [0.1, 0.15) is 53.0 Å². The third-order valence-corrected chi connectivity index (χ3v) is 5.94. The molecule has 1 aromatic carbocycles. The molecular formula is C26H46N2O5. The predicted molar refractivity (Wildman–Crippen MR) is 133 cm³/mol. The highest BCUT2D eigenvalue weighted by Crippen LogP contribution is 2.31. The highest BCUT2D eigenvalue weighted by atomic mass is 16.5. The van der Waals surface area contributed by atoms with Gasteiger partial charge in [0.05, 0.1) is 19.8 Å². The molecule has 0 spiro atoms. The molecule has 190 valence electrons. The van der Waals surface area contributed by atoms with E-state index in [2.05, 4.69) is 13.8 Å². The van der Waals surface area contributed by atoms with Gasteiger partial charge in [0.15, 0.2) is 11.5 Å². The normalized spacial score (nSPS) is 14.6. The number of nitrogens with two attached hydrogens (primary N) is 1. The molecule has 0 aliphatic heterocycles. The van der Waals surface area contributed by atoms with Crippen LogP contribution in [0.4, 0.5) is 0 Å². The second-order valence-corrected chi connectivity index (χ2v) is 10.3. The maximum Gasteiger partial charge on any atom is 0.227 e. The van der Waals surface area contributed by atoms with Crippen LogP contribution in [0.3, 0.4) is 0 Å². The van der Waals surface area contributed by atoms with Gasteiger partial charge in [0.25, 0.3) is 0 Å². The molecule has 7 heteroatoms. The van der Waals surface area contributed by atoms with Crippen LogP contribution in [0.15, 0.2) is 18.2 Å². The van der Waals surface area contributed by atoms with Crippen LogP contribution in [-0.2, 0) is 16.0 Å². The maximum absolute atomic E-state index is 12.4. The summed E-state index contributed by atoms with van der Waals surface area (Å²) in [5.74, 6) is 2.07. The summed E-state index contributed by atoms with van der Waals surface area (Å²) in [5.41, 5.74) is 7.04. The van der Waals surface area contributed by atoms with E-state index in [4.69, 9.17) is 19.9 Å². The smallest absolute Gasteiger partial charge is 0.227 e. The number of aliphatic hydroxyl groups excluding tert-OH is 1. The van der Waals surface area contributed by atoms with Gasteiger partial charge < -0.3 is 30.0 Å². The molecule has 3 N–H and O–H groups in total. The van der Waals surface area contributed by atoms with Gasteiger partial charge in [0.2, 0.25) is 5.91 Å². The molecule has 3 atom stereocenters. The minimum atomic E-state index is -0.780. The number of benzene rings is 1. The lowest BCUT2D eigenvalue weighted by molar-refractivity contribution is -0.139. The van der Waals surface area contributed by atoms with Crippen LogP contribution in [0.2, 0.25) is 0 Å².